The highest BCUT2D eigenvalue weighted by Crippen LogP contribution is 2.17. The molecule has 0 radical (unpaired) electrons. The maximum Gasteiger partial charge on any atom is 0.244 e. The smallest absolute Gasteiger partial charge is 0.244 e. The lowest BCUT2D eigenvalue weighted by Crippen LogP contribution is -2.36. The molecule has 0 fully saturated rings. The molecule has 5 heteroatoms. The van der Waals surface area contributed by atoms with Gasteiger partial charge in [0.1, 0.15) is 11.6 Å². The third-order valence-corrected chi connectivity index (χ3v) is 3.00. The molecule has 2 unspecified atom stereocenters. The van der Waals surface area contributed by atoms with E-state index >= 15 is 0 Å². The van der Waals surface area contributed by atoms with E-state index in [1.54, 1.807) is 19.1 Å². The molecule has 0 spiro atoms. The number of halogens is 1. The van der Waals surface area contributed by atoms with Crippen molar-refractivity contribution >= 4 is 12.0 Å². The standard InChI is InChI=1S/C16H16FNO3/c1-11(16(20)12-4-6-13(17)7-5-12)18-15(19)9-8-14-3-2-10-21-14/h2-11,16,20H,1H3,(H,18,19)/b9-8+. The molecule has 1 heterocycles. The molecular formula is C16H16FNO3. The molecule has 2 rings (SSSR count). The summed E-state index contributed by atoms with van der Waals surface area (Å²) in [7, 11) is 0. The molecule has 21 heavy (non-hydrogen) atoms. The molecule has 0 aliphatic carbocycles. The monoisotopic (exact) mass is 289 g/mol. The summed E-state index contributed by atoms with van der Waals surface area (Å²) < 4.78 is 17.9. The SMILES string of the molecule is CC(NC(=O)/C=C/c1ccco1)C(O)c1ccc(F)cc1. The van der Waals surface area contributed by atoms with Crippen LogP contribution in [0.5, 0.6) is 0 Å². The van der Waals surface area contributed by atoms with Crippen LogP contribution in [0, 0.1) is 5.82 Å². The van der Waals surface area contributed by atoms with Gasteiger partial charge in [0, 0.05) is 6.08 Å². The molecule has 110 valence electrons. The van der Waals surface area contributed by atoms with Gasteiger partial charge in [-0.15, -0.1) is 0 Å². The van der Waals surface area contributed by atoms with Crippen molar-refractivity contribution in [2.75, 3.05) is 0 Å². The zero-order chi connectivity index (χ0) is 15.2. The zero-order valence-corrected chi connectivity index (χ0v) is 11.5. The maximum atomic E-state index is 12.8. The van der Waals surface area contributed by atoms with Crippen molar-refractivity contribution in [1.29, 1.82) is 0 Å². The molecule has 2 aromatic rings. The van der Waals surface area contributed by atoms with Gasteiger partial charge in [0.05, 0.1) is 18.4 Å². The summed E-state index contributed by atoms with van der Waals surface area (Å²) in [5.74, 6) is -0.152. The number of amides is 1. The number of rotatable bonds is 5. The minimum absolute atomic E-state index is 0.347. The number of aliphatic hydroxyl groups is 1. The molecule has 0 saturated carbocycles. The van der Waals surface area contributed by atoms with Crippen LogP contribution in [-0.2, 0) is 4.79 Å². The maximum absolute atomic E-state index is 12.8. The van der Waals surface area contributed by atoms with E-state index in [2.05, 4.69) is 5.32 Å². The number of carbonyl (C=O) groups excluding carboxylic acids is 1. The van der Waals surface area contributed by atoms with Crippen LogP contribution in [-0.4, -0.2) is 17.1 Å². The van der Waals surface area contributed by atoms with Crippen LogP contribution >= 0.6 is 0 Å². The predicted molar refractivity (Wildman–Crippen MR) is 76.7 cm³/mol. The lowest BCUT2D eigenvalue weighted by molar-refractivity contribution is -0.117. The largest absolute Gasteiger partial charge is 0.465 e. The van der Waals surface area contributed by atoms with Crippen LogP contribution in [0.2, 0.25) is 0 Å². The second-order valence-electron chi connectivity index (χ2n) is 4.64. The fourth-order valence-electron chi connectivity index (χ4n) is 1.84. The number of hydrogen-bond donors (Lipinski definition) is 2. The van der Waals surface area contributed by atoms with Crippen LogP contribution < -0.4 is 5.32 Å². The van der Waals surface area contributed by atoms with Gasteiger partial charge >= 0.3 is 0 Å². The van der Waals surface area contributed by atoms with Gasteiger partial charge < -0.3 is 14.8 Å². The van der Waals surface area contributed by atoms with Crippen LogP contribution in [0.4, 0.5) is 4.39 Å². The molecule has 4 nitrogen and oxygen atoms in total. The van der Waals surface area contributed by atoms with Gasteiger partial charge in [-0.05, 0) is 42.8 Å². The summed E-state index contributed by atoms with van der Waals surface area (Å²) in [5, 5.41) is 12.7. The highest BCUT2D eigenvalue weighted by molar-refractivity contribution is 5.91. The Balaban J connectivity index is 1.92. The Morgan fingerprint density at radius 1 is 1.33 bits per heavy atom. The van der Waals surface area contributed by atoms with Crippen molar-refractivity contribution in [2.45, 2.75) is 19.1 Å². The average molecular weight is 289 g/mol. The molecule has 0 aliphatic rings. The van der Waals surface area contributed by atoms with Gasteiger partial charge in [-0.1, -0.05) is 12.1 Å². The lowest BCUT2D eigenvalue weighted by Gasteiger charge is -2.19. The Hall–Kier alpha value is -2.40. The number of nitrogens with one attached hydrogen (secondary N) is 1. The Labute approximate surface area is 121 Å². The quantitative estimate of drug-likeness (QED) is 0.832. The van der Waals surface area contributed by atoms with Crippen LogP contribution in [0.25, 0.3) is 6.08 Å². The van der Waals surface area contributed by atoms with Crippen molar-refractivity contribution in [3.05, 3.63) is 65.9 Å². The van der Waals surface area contributed by atoms with Crippen molar-refractivity contribution in [3.8, 4) is 0 Å². The van der Waals surface area contributed by atoms with E-state index in [1.165, 1.54) is 42.7 Å². The Morgan fingerprint density at radius 3 is 2.67 bits per heavy atom. The highest BCUT2D eigenvalue weighted by atomic mass is 19.1. The summed E-state index contributed by atoms with van der Waals surface area (Å²) in [4.78, 5) is 11.7. The van der Waals surface area contributed by atoms with Crippen LogP contribution in [0.3, 0.4) is 0 Å². The Kier molecular flexibility index (Phi) is 4.90. The molecule has 1 aromatic heterocycles. The molecular weight excluding hydrogens is 273 g/mol. The lowest BCUT2D eigenvalue weighted by atomic mass is 10.0. The van der Waals surface area contributed by atoms with Gasteiger partial charge in [0.25, 0.3) is 0 Å². The fraction of sp³-hybridized carbons (Fsp3) is 0.188. The van der Waals surface area contributed by atoms with Crippen molar-refractivity contribution in [3.63, 3.8) is 0 Å². The number of benzene rings is 1. The van der Waals surface area contributed by atoms with Gasteiger partial charge in [0.15, 0.2) is 0 Å². The van der Waals surface area contributed by atoms with Crippen molar-refractivity contribution < 1.29 is 18.7 Å². The molecule has 0 saturated heterocycles. The first-order valence-electron chi connectivity index (χ1n) is 6.52. The molecule has 0 bridgehead atoms. The summed E-state index contributed by atoms with van der Waals surface area (Å²) in [6.45, 7) is 1.67. The second-order valence-corrected chi connectivity index (χ2v) is 4.64. The summed E-state index contributed by atoms with van der Waals surface area (Å²) in [5.41, 5.74) is 0.541. The Bertz CT molecular complexity index is 605. The number of furan rings is 1. The van der Waals surface area contributed by atoms with E-state index in [9.17, 15) is 14.3 Å². The summed E-state index contributed by atoms with van der Waals surface area (Å²) >= 11 is 0. The topological polar surface area (TPSA) is 62.5 Å². The zero-order valence-electron chi connectivity index (χ0n) is 11.5. The van der Waals surface area contributed by atoms with E-state index in [0.717, 1.165) is 0 Å². The molecule has 1 aromatic carbocycles. The average Bonchev–Trinajstić information content (AvgIpc) is 2.98. The van der Waals surface area contributed by atoms with E-state index in [0.29, 0.717) is 11.3 Å². The first-order valence-corrected chi connectivity index (χ1v) is 6.52. The van der Waals surface area contributed by atoms with Gasteiger partial charge in [-0.2, -0.15) is 0 Å². The van der Waals surface area contributed by atoms with Crippen molar-refractivity contribution in [1.82, 2.24) is 5.32 Å². The van der Waals surface area contributed by atoms with Gasteiger partial charge in [0.2, 0.25) is 5.91 Å². The number of aliphatic hydroxyl groups excluding tert-OH is 1. The first kappa shape index (κ1) is 15.0. The van der Waals surface area contributed by atoms with Gasteiger partial charge in [-0.25, -0.2) is 4.39 Å². The van der Waals surface area contributed by atoms with E-state index in [-0.39, 0.29) is 11.7 Å². The third kappa shape index (κ3) is 4.29. The number of hydrogen-bond acceptors (Lipinski definition) is 3. The van der Waals surface area contributed by atoms with E-state index in [1.807, 2.05) is 0 Å². The second kappa shape index (κ2) is 6.85. The minimum atomic E-state index is -0.911. The summed E-state index contributed by atoms with van der Waals surface area (Å²) in [6.07, 6.45) is 3.46. The van der Waals surface area contributed by atoms with Crippen LogP contribution in [0.15, 0.2) is 53.2 Å². The molecule has 0 aliphatic heterocycles. The number of carbonyl (C=O) groups is 1. The van der Waals surface area contributed by atoms with Gasteiger partial charge in [-0.3, -0.25) is 4.79 Å². The summed E-state index contributed by atoms with van der Waals surface area (Å²) in [6, 6.07) is 8.44. The highest BCUT2D eigenvalue weighted by Gasteiger charge is 2.17. The predicted octanol–water partition coefficient (Wildman–Crippen LogP) is 2.67. The van der Waals surface area contributed by atoms with E-state index < -0.39 is 12.1 Å². The molecule has 2 N–H and O–H groups in total. The molecule has 1 amide bonds. The first-order chi connectivity index (χ1) is 10.1. The normalized spacial score (nSPS) is 14.0. The Morgan fingerprint density at radius 2 is 2.05 bits per heavy atom. The minimum Gasteiger partial charge on any atom is -0.465 e. The third-order valence-electron chi connectivity index (χ3n) is 3.00. The fourth-order valence-corrected chi connectivity index (χ4v) is 1.84. The van der Waals surface area contributed by atoms with E-state index in [4.69, 9.17) is 4.42 Å². The molecule has 2 atom stereocenters. The van der Waals surface area contributed by atoms with Crippen LogP contribution in [0.1, 0.15) is 24.4 Å². The van der Waals surface area contributed by atoms with Crippen molar-refractivity contribution in [2.24, 2.45) is 0 Å².